The van der Waals surface area contributed by atoms with Crippen LogP contribution >= 0.6 is 0 Å². The molecule has 2 aromatic carbocycles. The average molecular weight is 386 g/mol. The fourth-order valence-corrected chi connectivity index (χ4v) is 3.59. The molecule has 0 radical (unpaired) electrons. The van der Waals surface area contributed by atoms with Crippen molar-refractivity contribution in [3.63, 3.8) is 0 Å². The van der Waals surface area contributed by atoms with Crippen molar-refractivity contribution in [3.8, 4) is 5.75 Å². The van der Waals surface area contributed by atoms with Crippen LogP contribution in [0.1, 0.15) is 47.3 Å². The highest BCUT2D eigenvalue weighted by molar-refractivity contribution is 6.05. The number of fused-ring (bicyclic) bond motifs is 1. The molecule has 1 heterocycles. The van der Waals surface area contributed by atoms with Gasteiger partial charge in [-0.1, -0.05) is 13.3 Å². The molecule has 1 atom stereocenters. The number of amides is 1. The molecule has 1 aromatic heterocycles. The highest BCUT2D eigenvalue weighted by atomic mass is 19.1. The molecule has 0 fully saturated rings. The predicted octanol–water partition coefficient (Wildman–Crippen LogP) is 3.99. The molecule has 0 aliphatic rings. The highest BCUT2D eigenvalue weighted by Gasteiger charge is 2.28. The largest absolute Gasteiger partial charge is 0.505 e. The Bertz CT molecular complexity index is 1070. The quantitative estimate of drug-likeness (QED) is 0.695. The van der Waals surface area contributed by atoms with Crippen molar-refractivity contribution in [2.75, 3.05) is 0 Å². The Morgan fingerprint density at radius 3 is 2.39 bits per heavy atom. The van der Waals surface area contributed by atoms with E-state index in [9.17, 15) is 23.5 Å². The Labute approximate surface area is 160 Å². The molecule has 146 valence electrons. The van der Waals surface area contributed by atoms with Crippen molar-refractivity contribution in [2.24, 2.45) is 5.73 Å². The van der Waals surface area contributed by atoms with Crippen LogP contribution in [0.15, 0.2) is 36.4 Å². The normalized spacial score (nSPS) is 12.3. The lowest BCUT2D eigenvalue weighted by molar-refractivity contribution is -0.119. The minimum absolute atomic E-state index is 0.201. The zero-order valence-electron chi connectivity index (χ0n) is 15.5. The number of halogens is 2. The summed E-state index contributed by atoms with van der Waals surface area (Å²) in [6.45, 7) is 3.53. The minimum Gasteiger partial charge on any atom is -0.505 e. The second-order valence-electron chi connectivity index (χ2n) is 6.71. The number of carbonyl (C=O) groups is 2. The van der Waals surface area contributed by atoms with Gasteiger partial charge in [0.15, 0.2) is 11.6 Å². The third-order valence-corrected chi connectivity index (χ3v) is 4.88. The molecule has 7 heteroatoms. The molecular weight excluding hydrogens is 366 g/mol. The molecule has 0 aliphatic heterocycles. The zero-order chi connectivity index (χ0) is 20.6. The Kier molecular flexibility index (Phi) is 5.18. The summed E-state index contributed by atoms with van der Waals surface area (Å²) in [5.41, 5.74) is 6.90. The number of aromatic nitrogens is 1. The van der Waals surface area contributed by atoms with Crippen molar-refractivity contribution in [3.05, 3.63) is 64.9 Å². The third kappa shape index (κ3) is 3.24. The number of nitrogens with zero attached hydrogens (tertiary/aromatic N) is 1. The summed E-state index contributed by atoms with van der Waals surface area (Å²) in [7, 11) is 0. The molecule has 0 aliphatic carbocycles. The molecule has 5 nitrogen and oxygen atoms in total. The molecule has 0 spiro atoms. The smallest absolute Gasteiger partial charge is 0.262 e. The van der Waals surface area contributed by atoms with Crippen LogP contribution in [0.25, 0.3) is 10.9 Å². The average Bonchev–Trinajstić information content (AvgIpc) is 2.91. The second kappa shape index (κ2) is 7.42. The van der Waals surface area contributed by atoms with Gasteiger partial charge in [0, 0.05) is 22.7 Å². The van der Waals surface area contributed by atoms with Gasteiger partial charge in [-0.2, -0.15) is 0 Å². The lowest BCUT2D eigenvalue weighted by Gasteiger charge is -2.14. The van der Waals surface area contributed by atoms with Crippen molar-refractivity contribution in [1.29, 1.82) is 0 Å². The van der Waals surface area contributed by atoms with E-state index in [1.807, 2.05) is 6.92 Å². The first kappa shape index (κ1) is 19.5. The van der Waals surface area contributed by atoms with E-state index in [4.69, 9.17) is 5.73 Å². The molecule has 0 saturated carbocycles. The first-order chi connectivity index (χ1) is 13.3. The first-order valence-electron chi connectivity index (χ1n) is 8.89. The van der Waals surface area contributed by atoms with Crippen LogP contribution in [-0.4, -0.2) is 21.5 Å². The van der Waals surface area contributed by atoms with Gasteiger partial charge >= 0.3 is 0 Å². The van der Waals surface area contributed by atoms with Gasteiger partial charge in [0.1, 0.15) is 5.82 Å². The SMILES string of the molecule is CCCC(C(N)=O)c1c(C)n(C(=O)c2ccc(F)cc2)c2cc(F)c(O)cc12. The van der Waals surface area contributed by atoms with Gasteiger partial charge in [-0.3, -0.25) is 14.2 Å². The Balaban J connectivity index is 2.32. The summed E-state index contributed by atoms with van der Waals surface area (Å²) < 4.78 is 28.6. The van der Waals surface area contributed by atoms with Crippen molar-refractivity contribution < 1.29 is 23.5 Å². The number of primary amides is 1. The number of benzene rings is 2. The van der Waals surface area contributed by atoms with Crippen molar-refractivity contribution in [2.45, 2.75) is 32.6 Å². The number of nitrogens with two attached hydrogens (primary N) is 1. The van der Waals surface area contributed by atoms with Gasteiger partial charge in [-0.15, -0.1) is 0 Å². The lowest BCUT2D eigenvalue weighted by atomic mass is 9.91. The van der Waals surface area contributed by atoms with E-state index < -0.39 is 35.1 Å². The van der Waals surface area contributed by atoms with E-state index in [0.29, 0.717) is 29.5 Å². The van der Waals surface area contributed by atoms with E-state index in [-0.39, 0.29) is 11.1 Å². The first-order valence-corrected chi connectivity index (χ1v) is 8.89. The molecule has 1 unspecified atom stereocenters. The minimum atomic E-state index is -0.893. The maximum Gasteiger partial charge on any atom is 0.262 e. The van der Waals surface area contributed by atoms with Gasteiger partial charge in [0.25, 0.3) is 5.91 Å². The second-order valence-corrected chi connectivity index (χ2v) is 6.71. The summed E-state index contributed by atoms with van der Waals surface area (Å²) in [5.74, 6) is -3.73. The van der Waals surface area contributed by atoms with Crippen LogP contribution in [-0.2, 0) is 4.79 Å². The molecule has 3 rings (SSSR count). The van der Waals surface area contributed by atoms with Crippen LogP contribution in [0, 0.1) is 18.6 Å². The van der Waals surface area contributed by atoms with Crippen LogP contribution in [0.3, 0.4) is 0 Å². The number of carbonyl (C=O) groups excluding carboxylic acids is 2. The Morgan fingerprint density at radius 1 is 1.18 bits per heavy atom. The van der Waals surface area contributed by atoms with Crippen LogP contribution < -0.4 is 5.73 Å². The summed E-state index contributed by atoms with van der Waals surface area (Å²) in [4.78, 5) is 25.2. The zero-order valence-corrected chi connectivity index (χ0v) is 15.5. The number of rotatable bonds is 5. The Morgan fingerprint density at radius 2 is 1.82 bits per heavy atom. The van der Waals surface area contributed by atoms with Gasteiger partial charge in [-0.25, -0.2) is 8.78 Å². The summed E-state index contributed by atoms with van der Waals surface area (Å²) in [6.07, 6.45) is 1.11. The number of phenols is 1. The van der Waals surface area contributed by atoms with Crippen LogP contribution in [0.5, 0.6) is 5.75 Å². The molecule has 0 bridgehead atoms. The number of hydrogen-bond acceptors (Lipinski definition) is 3. The topological polar surface area (TPSA) is 85.3 Å². The monoisotopic (exact) mass is 386 g/mol. The molecule has 0 saturated heterocycles. The molecule has 3 N–H and O–H groups in total. The van der Waals surface area contributed by atoms with E-state index in [1.54, 1.807) is 6.92 Å². The fraction of sp³-hybridized carbons (Fsp3) is 0.238. The number of hydrogen-bond donors (Lipinski definition) is 2. The molecule has 28 heavy (non-hydrogen) atoms. The maximum atomic E-state index is 14.1. The predicted molar refractivity (Wildman–Crippen MR) is 101 cm³/mol. The van der Waals surface area contributed by atoms with E-state index >= 15 is 0 Å². The van der Waals surface area contributed by atoms with Crippen LogP contribution in [0.2, 0.25) is 0 Å². The van der Waals surface area contributed by atoms with E-state index in [0.717, 1.165) is 18.2 Å². The molecule has 3 aromatic rings. The van der Waals surface area contributed by atoms with Gasteiger partial charge < -0.3 is 10.8 Å². The van der Waals surface area contributed by atoms with E-state index in [1.165, 1.54) is 22.8 Å². The summed E-state index contributed by atoms with van der Waals surface area (Å²) in [6, 6.07) is 7.23. The fourth-order valence-electron chi connectivity index (χ4n) is 3.59. The van der Waals surface area contributed by atoms with Gasteiger partial charge in [0.05, 0.1) is 11.4 Å². The maximum absolute atomic E-state index is 14.1. The lowest BCUT2D eigenvalue weighted by Crippen LogP contribution is -2.22. The van der Waals surface area contributed by atoms with Gasteiger partial charge in [-0.05, 0) is 49.2 Å². The van der Waals surface area contributed by atoms with Crippen LogP contribution in [0.4, 0.5) is 8.78 Å². The van der Waals surface area contributed by atoms with Gasteiger partial charge in [0.2, 0.25) is 5.91 Å². The standard InChI is InChI=1S/C21H20F2N2O3/c1-3-4-14(20(24)27)19-11(2)25(17-10-16(23)18(26)9-15(17)19)21(28)12-5-7-13(22)8-6-12/h5-10,14,26H,3-4H2,1-2H3,(H2,24,27). The third-order valence-electron chi connectivity index (χ3n) is 4.88. The molecular formula is C21H20F2N2O3. The summed E-state index contributed by atoms with van der Waals surface area (Å²) in [5, 5.41) is 10.2. The Hall–Kier alpha value is -3.22. The van der Waals surface area contributed by atoms with Crippen molar-refractivity contribution in [1.82, 2.24) is 4.57 Å². The number of aromatic hydroxyl groups is 1. The number of phenolic OH excluding ortho intramolecular Hbond substituents is 1. The van der Waals surface area contributed by atoms with E-state index in [2.05, 4.69) is 0 Å². The molecule has 1 amide bonds. The summed E-state index contributed by atoms with van der Waals surface area (Å²) >= 11 is 0. The highest BCUT2D eigenvalue weighted by Crippen LogP contribution is 2.37. The van der Waals surface area contributed by atoms with Crippen molar-refractivity contribution >= 4 is 22.7 Å².